The van der Waals surface area contributed by atoms with E-state index in [4.69, 9.17) is 4.74 Å². The van der Waals surface area contributed by atoms with E-state index in [1.807, 2.05) is 0 Å². The lowest BCUT2D eigenvalue weighted by Gasteiger charge is -2.19. The molecule has 86 valence electrons. The molecule has 3 rings (SSSR count). The summed E-state index contributed by atoms with van der Waals surface area (Å²) in [5, 5.41) is 3.26. The van der Waals surface area contributed by atoms with Gasteiger partial charge in [-0.25, -0.2) is 15.0 Å². The van der Waals surface area contributed by atoms with Crippen LogP contribution in [0.4, 0.5) is 0 Å². The minimum Gasteiger partial charge on any atom is -0.379 e. The molecule has 0 spiro atoms. The molecule has 3 heterocycles. The molecule has 1 saturated heterocycles. The van der Waals surface area contributed by atoms with Crippen molar-refractivity contribution in [2.75, 3.05) is 19.8 Å². The predicted octanol–water partition coefficient (Wildman–Crippen LogP) is 0.348. The van der Waals surface area contributed by atoms with Gasteiger partial charge < -0.3 is 15.0 Å². The van der Waals surface area contributed by atoms with E-state index in [-0.39, 0.29) is 0 Å². The number of aromatic amines is 1. The van der Waals surface area contributed by atoms with E-state index in [1.165, 1.54) is 6.33 Å². The number of fused-ring (bicyclic) bond motifs is 1. The average Bonchev–Trinajstić information content (AvgIpc) is 2.79. The Bertz CT molecular complexity index is 394. The Hall–Kier alpha value is -1.53. The van der Waals surface area contributed by atoms with Gasteiger partial charge in [-0.05, 0) is 6.92 Å². The molecule has 0 amide bonds. The quantitative estimate of drug-likeness (QED) is 0.671. The lowest BCUT2D eigenvalue weighted by Crippen LogP contribution is -2.38. The number of aromatic nitrogens is 4. The van der Waals surface area contributed by atoms with Crippen LogP contribution < -0.4 is 5.32 Å². The van der Waals surface area contributed by atoms with Gasteiger partial charge in [0.15, 0.2) is 5.65 Å². The van der Waals surface area contributed by atoms with Gasteiger partial charge in [-0.15, -0.1) is 0 Å². The maximum absolute atomic E-state index is 5.12. The molecule has 6 heteroatoms. The minimum atomic E-state index is 0.564. The van der Waals surface area contributed by atoms with Gasteiger partial charge in [0.25, 0.3) is 0 Å². The van der Waals surface area contributed by atoms with E-state index in [0.29, 0.717) is 11.7 Å². The maximum Gasteiger partial charge on any atom is 0.180 e. The molecule has 2 N–H and O–H groups in total. The van der Waals surface area contributed by atoms with Crippen LogP contribution in [-0.2, 0) is 4.74 Å². The van der Waals surface area contributed by atoms with Crippen molar-refractivity contribution in [3.8, 4) is 0 Å². The van der Waals surface area contributed by atoms with Crippen molar-refractivity contribution in [2.24, 2.45) is 0 Å². The summed E-state index contributed by atoms with van der Waals surface area (Å²) < 4.78 is 5.12. The molecule has 1 fully saturated rings. The fourth-order valence-electron chi connectivity index (χ4n) is 1.39. The van der Waals surface area contributed by atoms with Crippen molar-refractivity contribution in [3.05, 3.63) is 18.9 Å². The first kappa shape index (κ1) is 11.0. The molecule has 0 aliphatic carbocycles. The average molecular weight is 221 g/mol. The molecular weight excluding hydrogens is 206 g/mol. The van der Waals surface area contributed by atoms with Crippen LogP contribution in [0.25, 0.3) is 11.2 Å². The van der Waals surface area contributed by atoms with Gasteiger partial charge in [0.05, 0.1) is 25.7 Å². The second-order valence-corrected chi connectivity index (χ2v) is 3.59. The third kappa shape index (κ3) is 2.98. The number of H-pyrrole nitrogens is 1. The number of hydrogen-bond acceptors (Lipinski definition) is 5. The monoisotopic (exact) mass is 221 g/mol. The number of nitrogens with one attached hydrogen (secondary N) is 2. The SMILES string of the molecule is C[C@@H]1COCCN1.c1ncc2[nH]cnc2n1. The summed E-state index contributed by atoms with van der Waals surface area (Å²) in [6.07, 6.45) is 4.76. The van der Waals surface area contributed by atoms with E-state index in [1.54, 1.807) is 12.5 Å². The van der Waals surface area contributed by atoms with Crippen molar-refractivity contribution in [2.45, 2.75) is 13.0 Å². The molecule has 0 unspecified atom stereocenters. The van der Waals surface area contributed by atoms with Crippen LogP contribution in [0.1, 0.15) is 6.92 Å². The molecule has 2 aromatic heterocycles. The summed E-state index contributed by atoms with van der Waals surface area (Å²) >= 11 is 0. The molecule has 0 bridgehead atoms. The Morgan fingerprint density at radius 1 is 1.44 bits per heavy atom. The molecule has 0 radical (unpaired) electrons. The summed E-state index contributed by atoms with van der Waals surface area (Å²) in [6, 6.07) is 0.564. The zero-order valence-corrected chi connectivity index (χ0v) is 9.18. The van der Waals surface area contributed by atoms with Crippen LogP contribution in [0.3, 0.4) is 0 Å². The lowest BCUT2D eigenvalue weighted by molar-refractivity contribution is 0.0824. The number of imidazole rings is 1. The van der Waals surface area contributed by atoms with Gasteiger partial charge in [0.1, 0.15) is 11.8 Å². The highest BCUT2D eigenvalue weighted by molar-refractivity contribution is 5.67. The minimum absolute atomic E-state index is 0.564. The summed E-state index contributed by atoms with van der Waals surface area (Å²) in [7, 11) is 0. The van der Waals surface area contributed by atoms with Crippen LogP contribution in [0, 0.1) is 0 Å². The summed E-state index contributed by atoms with van der Waals surface area (Å²) in [6.45, 7) is 4.89. The van der Waals surface area contributed by atoms with E-state index in [9.17, 15) is 0 Å². The van der Waals surface area contributed by atoms with E-state index >= 15 is 0 Å². The highest BCUT2D eigenvalue weighted by Crippen LogP contribution is 1.99. The van der Waals surface area contributed by atoms with Crippen molar-refractivity contribution in [1.82, 2.24) is 25.3 Å². The van der Waals surface area contributed by atoms with Gasteiger partial charge in [-0.3, -0.25) is 0 Å². The van der Waals surface area contributed by atoms with Gasteiger partial charge >= 0.3 is 0 Å². The molecule has 6 nitrogen and oxygen atoms in total. The summed E-state index contributed by atoms with van der Waals surface area (Å²) in [5.41, 5.74) is 1.59. The zero-order valence-electron chi connectivity index (χ0n) is 9.18. The molecule has 2 aromatic rings. The van der Waals surface area contributed by atoms with Crippen LogP contribution >= 0.6 is 0 Å². The van der Waals surface area contributed by atoms with Crippen molar-refractivity contribution >= 4 is 11.2 Å². The van der Waals surface area contributed by atoms with Crippen molar-refractivity contribution in [3.63, 3.8) is 0 Å². The van der Waals surface area contributed by atoms with Gasteiger partial charge in [-0.1, -0.05) is 0 Å². The third-order valence-corrected chi connectivity index (χ3v) is 2.21. The molecule has 16 heavy (non-hydrogen) atoms. The van der Waals surface area contributed by atoms with Crippen molar-refractivity contribution in [1.29, 1.82) is 0 Å². The maximum atomic E-state index is 5.12. The highest BCUT2D eigenvalue weighted by atomic mass is 16.5. The molecule has 1 atom stereocenters. The standard InChI is InChI=1S/C5H4N4.C5H11NO/c1-4-5(8-2-6-1)9-3-7-4;1-5-4-7-3-2-6-5/h1-3H,(H,6,7,8,9);5-6H,2-4H2,1H3/t;5-/m.1/s1. The Kier molecular flexibility index (Phi) is 3.79. The first-order chi connectivity index (χ1) is 7.86. The van der Waals surface area contributed by atoms with E-state index in [2.05, 4.69) is 32.2 Å². The largest absolute Gasteiger partial charge is 0.379 e. The fraction of sp³-hybridized carbons (Fsp3) is 0.500. The van der Waals surface area contributed by atoms with Gasteiger partial charge in [0.2, 0.25) is 0 Å². The number of hydrogen-bond donors (Lipinski definition) is 2. The van der Waals surface area contributed by atoms with E-state index in [0.717, 1.165) is 25.3 Å². The number of ether oxygens (including phenoxy) is 1. The second-order valence-electron chi connectivity index (χ2n) is 3.59. The second kappa shape index (κ2) is 5.53. The normalized spacial score (nSPS) is 20.2. The third-order valence-electron chi connectivity index (χ3n) is 2.21. The van der Waals surface area contributed by atoms with Crippen molar-refractivity contribution < 1.29 is 4.74 Å². The zero-order chi connectivity index (χ0) is 11.2. The van der Waals surface area contributed by atoms with Crippen LogP contribution in [-0.4, -0.2) is 45.7 Å². The van der Waals surface area contributed by atoms with E-state index < -0.39 is 0 Å². The molecule has 1 aliphatic rings. The Balaban J connectivity index is 0.000000125. The van der Waals surface area contributed by atoms with Crippen LogP contribution in [0.2, 0.25) is 0 Å². The van der Waals surface area contributed by atoms with Gasteiger partial charge in [-0.2, -0.15) is 0 Å². The molecular formula is C10H15N5O. The Morgan fingerprint density at radius 2 is 2.38 bits per heavy atom. The first-order valence-electron chi connectivity index (χ1n) is 5.26. The Labute approximate surface area is 93.5 Å². The molecule has 0 aromatic carbocycles. The van der Waals surface area contributed by atoms with Crippen LogP contribution in [0.5, 0.6) is 0 Å². The topological polar surface area (TPSA) is 75.7 Å². The Morgan fingerprint density at radius 3 is 3.00 bits per heavy atom. The summed E-state index contributed by atoms with van der Waals surface area (Å²) in [4.78, 5) is 14.5. The predicted molar refractivity (Wildman–Crippen MR) is 60.0 cm³/mol. The number of rotatable bonds is 0. The number of morpholine rings is 1. The molecule has 1 aliphatic heterocycles. The number of nitrogens with zero attached hydrogens (tertiary/aromatic N) is 3. The van der Waals surface area contributed by atoms with Crippen LogP contribution in [0.15, 0.2) is 18.9 Å². The fourth-order valence-corrected chi connectivity index (χ4v) is 1.39. The smallest absolute Gasteiger partial charge is 0.180 e. The molecule has 0 saturated carbocycles. The lowest BCUT2D eigenvalue weighted by atomic mass is 10.3. The van der Waals surface area contributed by atoms with Gasteiger partial charge in [0, 0.05) is 12.6 Å². The highest BCUT2D eigenvalue weighted by Gasteiger charge is 2.04. The first-order valence-corrected chi connectivity index (χ1v) is 5.26. The summed E-state index contributed by atoms with van der Waals surface area (Å²) in [5.74, 6) is 0.